The number of halogens is 1. The van der Waals surface area contributed by atoms with Crippen molar-refractivity contribution < 1.29 is 9.32 Å². The second-order valence-electron chi connectivity index (χ2n) is 5.14. The molecular weight excluding hydrogens is 308 g/mol. The molecule has 2 aromatic rings. The second kappa shape index (κ2) is 7.61. The number of carbonyl (C=O) groups excluding carboxylic acids is 1. The first-order chi connectivity index (χ1) is 10.0. The van der Waals surface area contributed by atoms with Crippen molar-refractivity contribution in [3.8, 4) is 0 Å². The summed E-state index contributed by atoms with van der Waals surface area (Å²) in [5, 5.41) is 4.60. The number of aromatic nitrogens is 2. The molecule has 0 saturated heterocycles. The lowest BCUT2D eigenvalue weighted by molar-refractivity contribution is -0.119. The first-order valence-electron chi connectivity index (χ1n) is 6.75. The van der Waals surface area contributed by atoms with E-state index in [0.717, 1.165) is 4.90 Å². The molecule has 0 spiro atoms. The van der Waals surface area contributed by atoms with Crippen LogP contribution in [0.25, 0.3) is 0 Å². The van der Waals surface area contributed by atoms with Gasteiger partial charge < -0.3 is 4.52 Å². The van der Waals surface area contributed by atoms with Gasteiger partial charge in [-0.05, 0) is 18.1 Å². The number of thioether (sulfide) groups is 1. The Morgan fingerprint density at radius 1 is 1.38 bits per heavy atom. The quantitative estimate of drug-likeness (QED) is 0.715. The highest BCUT2D eigenvalue weighted by molar-refractivity contribution is 7.98. The zero-order valence-corrected chi connectivity index (χ0v) is 13.6. The van der Waals surface area contributed by atoms with E-state index in [-0.39, 0.29) is 12.2 Å². The van der Waals surface area contributed by atoms with E-state index in [1.165, 1.54) is 0 Å². The molecule has 0 radical (unpaired) electrons. The normalized spacial score (nSPS) is 11.0. The third-order valence-electron chi connectivity index (χ3n) is 2.69. The first kappa shape index (κ1) is 16.0. The number of hydrogen-bond acceptors (Lipinski definition) is 5. The minimum atomic E-state index is 0.124. The van der Waals surface area contributed by atoms with Crippen LogP contribution in [0, 0.1) is 5.92 Å². The molecule has 0 bridgehead atoms. The first-order valence-corrected chi connectivity index (χ1v) is 8.11. The van der Waals surface area contributed by atoms with Crippen molar-refractivity contribution in [3.63, 3.8) is 0 Å². The fourth-order valence-corrected chi connectivity index (χ4v) is 2.90. The van der Waals surface area contributed by atoms with Crippen molar-refractivity contribution >= 4 is 29.1 Å². The fraction of sp³-hybridized carbons (Fsp3) is 0.400. The smallest absolute Gasteiger partial charge is 0.234 e. The Balaban J connectivity index is 1.89. The van der Waals surface area contributed by atoms with E-state index in [1.807, 2.05) is 38.1 Å². The molecule has 0 saturated carbocycles. The van der Waals surface area contributed by atoms with E-state index in [9.17, 15) is 4.79 Å². The van der Waals surface area contributed by atoms with Gasteiger partial charge in [-0.2, -0.15) is 4.98 Å². The number of nitrogens with zero attached hydrogens (tertiary/aromatic N) is 2. The Morgan fingerprint density at radius 2 is 2.14 bits per heavy atom. The van der Waals surface area contributed by atoms with Crippen molar-refractivity contribution in [1.82, 2.24) is 10.1 Å². The Kier molecular flexibility index (Phi) is 5.82. The molecule has 21 heavy (non-hydrogen) atoms. The van der Waals surface area contributed by atoms with Crippen LogP contribution in [-0.2, 0) is 17.0 Å². The van der Waals surface area contributed by atoms with Gasteiger partial charge in [0.1, 0.15) is 5.78 Å². The lowest BCUT2D eigenvalue weighted by Gasteiger charge is -2.00. The highest BCUT2D eigenvalue weighted by atomic mass is 35.5. The van der Waals surface area contributed by atoms with Gasteiger partial charge in [-0.1, -0.05) is 42.7 Å². The average Bonchev–Trinajstić information content (AvgIpc) is 2.84. The minimum Gasteiger partial charge on any atom is -0.339 e. The molecule has 0 aliphatic rings. The van der Waals surface area contributed by atoms with Gasteiger partial charge in [-0.15, -0.1) is 11.8 Å². The molecule has 1 aromatic heterocycles. The molecule has 0 aliphatic carbocycles. The summed E-state index contributed by atoms with van der Waals surface area (Å²) in [6.07, 6.45) is 0.744. The number of Topliss-reactive ketones (excluding diaryl/α,β-unsaturated/α-hetero) is 1. The zero-order chi connectivity index (χ0) is 15.2. The fourth-order valence-electron chi connectivity index (χ4n) is 1.82. The predicted octanol–water partition coefficient (Wildman–Crippen LogP) is 4.17. The molecule has 0 N–H and O–H groups in total. The topological polar surface area (TPSA) is 56.0 Å². The van der Waals surface area contributed by atoms with Gasteiger partial charge in [-0.25, -0.2) is 0 Å². The van der Waals surface area contributed by atoms with Crippen molar-refractivity contribution in [1.29, 1.82) is 0 Å². The van der Waals surface area contributed by atoms with Crippen LogP contribution in [0.15, 0.2) is 33.7 Å². The molecule has 6 heteroatoms. The molecule has 0 unspecified atom stereocenters. The lowest BCUT2D eigenvalue weighted by atomic mass is 10.1. The standard InChI is InChI=1S/C15H17ClN2O2S/c1-10(2)7-11(19)8-15-17-14(18-20-15)9-21-13-6-4-3-5-12(13)16/h3-6,10H,7-9H2,1-2H3. The summed E-state index contributed by atoms with van der Waals surface area (Å²) in [6, 6.07) is 7.61. The van der Waals surface area contributed by atoms with Gasteiger partial charge in [0.25, 0.3) is 0 Å². The number of benzene rings is 1. The van der Waals surface area contributed by atoms with Crippen LogP contribution in [-0.4, -0.2) is 15.9 Å². The van der Waals surface area contributed by atoms with Crippen LogP contribution in [0.2, 0.25) is 5.02 Å². The Morgan fingerprint density at radius 3 is 2.86 bits per heavy atom. The van der Waals surface area contributed by atoms with E-state index in [1.54, 1.807) is 11.8 Å². The predicted molar refractivity (Wildman–Crippen MR) is 83.5 cm³/mol. The molecule has 0 atom stereocenters. The summed E-state index contributed by atoms with van der Waals surface area (Å²) in [7, 11) is 0. The Bertz CT molecular complexity index is 613. The molecule has 4 nitrogen and oxygen atoms in total. The lowest BCUT2D eigenvalue weighted by Crippen LogP contribution is -2.06. The van der Waals surface area contributed by atoms with Crippen LogP contribution < -0.4 is 0 Å². The molecule has 0 amide bonds. The van der Waals surface area contributed by atoms with E-state index in [0.29, 0.717) is 34.8 Å². The third-order valence-corrected chi connectivity index (χ3v) is 4.20. The maximum absolute atomic E-state index is 11.7. The van der Waals surface area contributed by atoms with E-state index in [2.05, 4.69) is 10.1 Å². The Hall–Kier alpha value is -1.33. The Labute approximate surface area is 133 Å². The SMILES string of the molecule is CC(C)CC(=O)Cc1nc(CSc2ccccc2Cl)no1. The maximum atomic E-state index is 11.7. The molecular formula is C15H17ClN2O2S. The van der Waals surface area contributed by atoms with Crippen LogP contribution in [0.5, 0.6) is 0 Å². The maximum Gasteiger partial charge on any atom is 0.234 e. The van der Waals surface area contributed by atoms with Crippen molar-refractivity contribution in [3.05, 3.63) is 41.0 Å². The monoisotopic (exact) mass is 324 g/mol. The van der Waals surface area contributed by atoms with Gasteiger partial charge in [0, 0.05) is 11.3 Å². The summed E-state index contributed by atoms with van der Waals surface area (Å²) < 4.78 is 5.11. The number of ketones is 1. The van der Waals surface area contributed by atoms with Crippen LogP contribution in [0.1, 0.15) is 32.0 Å². The second-order valence-corrected chi connectivity index (χ2v) is 6.56. The summed E-state index contributed by atoms with van der Waals surface area (Å²) in [5.74, 6) is 1.99. The van der Waals surface area contributed by atoms with E-state index in [4.69, 9.17) is 16.1 Å². The summed E-state index contributed by atoms with van der Waals surface area (Å²) in [4.78, 5) is 16.9. The van der Waals surface area contributed by atoms with Gasteiger partial charge >= 0.3 is 0 Å². The van der Waals surface area contributed by atoms with Crippen molar-refractivity contribution in [2.45, 2.75) is 37.3 Å². The van der Waals surface area contributed by atoms with Crippen LogP contribution in [0.4, 0.5) is 0 Å². The van der Waals surface area contributed by atoms with E-state index < -0.39 is 0 Å². The summed E-state index contributed by atoms with van der Waals surface area (Å²) in [5.41, 5.74) is 0. The van der Waals surface area contributed by atoms with E-state index >= 15 is 0 Å². The van der Waals surface area contributed by atoms with Gasteiger partial charge in [0.2, 0.25) is 5.89 Å². The van der Waals surface area contributed by atoms with Crippen molar-refractivity contribution in [2.75, 3.05) is 0 Å². The average molecular weight is 325 g/mol. The van der Waals surface area contributed by atoms with Gasteiger partial charge in [0.15, 0.2) is 5.82 Å². The molecule has 1 heterocycles. The molecule has 0 fully saturated rings. The molecule has 112 valence electrons. The molecule has 1 aromatic carbocycles. The zero-order valence-electron chi connectivity index (χ0n) is 12.0. The van der Waals surface area contributed by atoms with Crippen LogP contribution in [0.3, 0.4) is 0 Å². The number of rotatable bonds is 7. The highest BCUT2D eigenvalue weighted by Crippen LogP contribution is 2.28. The third kappa shape index (κ3) is 5.17. The summed E-state index contributed by atoms with van der Waals surface area (Å²) in [6.45, 7) is 4.02. The summed E-state index contributed by atoms with van der Waals surface area (Å²) >= 11 is 7.62. The number of carbonyl (C=O) groups is 1. The highest BCUT2D eigenvalue weighted by Gasteiger charge is 2.13. The van der Waals surface area contributed by atoms with Crippen LogP contribution >= 0.6 is 23.4 Å². The van der Waals surface area contributed by atoms with Crippen molar-refractivity contribution in [2.24, 2.45) is 5.92 Å². The largest absolute Gasteiger partial charge is 0.339 e. The molecule has 0 aliphatic heterocycles. The van der Waals surface area contributed by atoms with Gasteiger partial charge in [-0.3, -0.25) is 4.79 Å². The minimum absolute atomic E-state index is 0.124. The molecule has 2 rings (SSSR count). The van der Waals surface area contributed by atoms with Gasteiger partial charge in [0.05, 0.1) is 17.2 Å². The number of hydrogen-bond donors (Lipinski definition) is 0.